The van der Waals surface area contributed by atoms with Crippen LogP contribution in [0.2, 0.25) is 0 Å². The second-order valence-corrected chi connectivity index (χ2v) is 10.9. The minimum Gasteiger partial charge on any atom is -0.465 e. The Morgan fingerprint density at radius 1 is 1.03 bits per heavy atom. The molecular formula is C29H38O2. The monoisotopic (exact) mass is 418 g/mol. The minimum absolute atomic E-state index is 0.187. The number of rotatable bonds is 6. The zero-order valence-corrected chi connectivity index (χ0v) is 20.6. The molecule has 2 aromatic rings. The first kappa shape index (κ1) is 23.3. The van der Waals surface area contributed by atoms with Crippen LogP contribution in [0.1, 0.15) is 99.5 Å². The number of benzene rings is 2. The molecule has 0 aliphatic heterocycles. The van der Waals surface area contributed by atoms with Crippen molar-refractivity contribution in [3.8, 4) is 0 Å². The van der Waals surface area contributed by atoms with Crippen LogP contribution in [0.15, 0.2) is 36.4 Å². The number of fused-ring (bicyclic) bond motifs is 1. The molecule has 3 rings (SSSR count). The summed E-state index contributed by atoms with van der Waals surface area (Å²) in [5, 5.41) is 0. The predicted molar refractivity (Wildman–Crippen MR) is 132 cm³/mol. The number of aryl methyl sites for hydroxylation is 1. The first-order valence-electron chi connectivity index (χ1n) is 11.5. The maximum Gasteiger partial charge on any atom is 0.337 e. The van der Waals surface area contributed by atoms with Crippen molar-refractivity contribution >= 4 is 17.6 Å². The van der Waals surface area contributed by atoms with Gasteiger partial charge >= 0.3 is 5.97 Å². The van der Waals surface area contributed by atoms with Crippen molar-refractivity contribution in [2.45, 2.75) is 78.6 Å². The number of hydrogen-bond donors (Lipinski definition) is 0. The number of hydrogen-bond acceptors (Lipinski definition) is 2. The molecule has 0 heterocycles. The van der Waals surface area contributed by atoms with E-state index in [9.17, 15) is 4.79 Å². The number of ether oxygens (including phenoxy) is 1. The topological polar surface area (TPSA) is 26.3 Å². The van der Waals surface area contributed by atoms with Gasteiger partial charge < -0.3 is 4.74 Å². The van der Waals surface area contributed by atoms with Gasteiger partial charge in [-0.25, -0.2) is 4.79 Å². The van der Waals surface area contributed by atoms with Crippen molar-refractivity contribution in [1.29, 1.82) is 0 Å². The molecule has 0 radical (unpaired) electrons. The lowest BCUT2D eigenvalue weighted by molar-refractivity contribution is 0.0600. The summed E-state index contributed by atoms with van der Waals surface area (Å²) in [5.41, 5.74) is 9.19. The van der Waals surface area contributed by atoms with Crippen molar-refractivity contribution in [2.24, 2.45) is 5.92 Å². The molecule has 2 aromatic carbocycles. The van der Waals surface area contributed by atoms with Gasteiger partial charge in [0.2, 0.25) is 0 Å². The van der Waals surface area contributed by atoms with Gasteiger partial charge in [0.25, 0.3) is 0 Å². The molecule has 0 amide bonds. The van der Waals surface area contributed by atoms with Crippen LogP contribution in [-0.2, 0) is 22.0 Å². The van der Waals surface area contributed by atoms with Crippen LogP contribution in [0.3, 0.4) is 0 Å². The Hall–Kier alpha value is -2.35. The van der Waals surface area contributed by atoms with Crippen LogP contribution in [0, 0.1) is 5.92 Å². The van der Waals surface area contributed by atoms with Gasteiger partial charge in [-0.05, 0) is 88.5 Å². The second kappa shape index (κ2) is 8.65. The number of carbonyl (C=O) groups excluding carboxylic acids is 1. The molecule has 0 aromatic heterocycles. The molecule has 0 bridgehead atoms. The molecule has 166 valence electrons. The van der Waals surface area contributed by atoms with Gasteiger partial charge in [-0.2, -0.15) is 0 Å². The Morgan fingerprint density at radius 3 is 2.16 bits per heavy atom. The molecule has 2 heteroatoms. The van der Waals surface area contributed by atoms with Crippen LogP contribution >= 0.6 is 0 Å². The standard InChI is InChI=1S/C29H38O2/c1-19(2)9-12-23-16-25-26(29(6,7)18-28(25,4)5)17-24(23)20(3)15-21-10-13-22(14-11-21)27(30)31-8/h10-11,13-17,19H,9,12,18H2,1-8H3. The summed E-state index contributed by atoms with van der Waals surface area (Å²) in [7, 11) is 1.41. The van der Waals surface area contributed by atoms with E-state index in [-0.39, 0.29) is 16.8 Å². The van der Waals surface area contributed by atoms with Crippen molar-refractivity contribution in [2.75, 3.05) is 7.11 Å². The Bertz CT molecular complexity index is 988. The van der Waals surface area contributed by atoms with E-state index in [1.165, 1.54) is 47.8 Å². The van der Waals surface area contributed by atoms with Gasteiger partial charge in [-0.1, -0.05) is 71.9 Å². The average Bonchev–Trinajstić information content (AvgIpc) is 2.88. The van der Waals surface area contributed by atoms with E-state index in [4.69, 9.17) is 4.74 Å². The number of allylic oxidation sites excluding steroid dienone is 1. The smallest absolute Gasteiger partial charge is 0.337 e. The van der Waals surface area contributed by atoms with Crippen molar-refractivity contribution in [3.63, 3.8) is 0 Å². The largest absolute Gasteiger partial charge is 0.465 e. The number of esters is 1. The summed E-state index contributed by atoms with van der Waals surface area (Å²) >= 11 is 0. The van der Waals surface area contributed by atoms with Gasteiger partial charge in [0, 0.05) is 0 Å². The number of methoxy groups -OCH3 is 1. The van der Waals surface area contributed by atoms with Crippen LogP contribution < -0.4 is 0 Å². The Balaban J connectivity index is 2.05. The summed E-state index contributed by atoms with van der Waals surface area (Å²) < 4.78 is 4.81. The molecule has 1 aliphatic rings. The highest BCUT2D eigenvalue weighted by Crippen LogP contribution is 2.50. The van der Waals surface area contributed by atoms with E-state index >= 15 is 0 Å². The highest BCUT2D eigenvalue weighted by Gasteiger charge is 2.42. The molecule has 0 spiro atoms. The van der Waals surface area contributed by atoms with E-state index in [2.05, 4.69) is 66.7 Å². The highest BCUT2D eigenvalue weighted by molar-refractivity contribution is 5.90. The first-order chi connectivity index (χ1) is 14.4. The van der Waals surface area contributed by atoms with E-state index in [0.29, 0.717) is 11.5 Å². The molecule has 0 saturated carbocycles. The SMILES string of the molecule is COC(=O)c1ccc(C=C(C)c2cc3c(cc2CCC(C)C)C(C)(C)CC3(C)C)cc1. The molecule has 0 unspecified atom stereocenters. The summed E-state index contributed by atoms with van der Waals surface area (Å²) in [6, 6.07) is 12.6. The molecule has 0 atom stereocenters. The third-order valence-electron chi connectivity index (χ3n) is 6.72. The molecule has 31 heavy (non-hydrogen) atoms. The van der Waals surface area contributed by atoms with Crippen LogP contribution in [0.5, 0.6) is 0 Å². The third kappa shape index (κ3) is 4.95. The van der Waals surface area contributed by atoms with E-state index in [1.807, 2.05) is 24.3 Å². The van der Waals surface area contributed by atoms with Gasteiger partial charge in [0.05, 0.1) is 12.7 Å². The molecule has 0 N–H and O–H groups in total. The summed E-state index contributed by atoms with van der Waals surface area (Å²) in [5.74, 6) is 0.382. The van der Waals surface area contributed by atoms with E-state index < -0.39 is 0 Å². The summed E-state index contributed by atoms with van der Waals surface area (Å²) in [6.07, 6.45) is 5.70. The van der Waals surface area contributed by atoms with E-state index in [1.54, 1.807) is 0 Å². The summed E-state index contributed by atoms with van der Waals surface area (Å²) in [4.78, 5) is 11.7. The number of carbonyl (C=O) groups is 1. The first-order valence-corrected chi connectivity index (χ1v) is 11.5. The van der Waals surface area contributed by atoms with Gasteiger partial charge in [0.15, 0.2) is 0 Å². The summed E-state index contributed by atoms with van der Waals surface area (Å²) in [6.45, 7) is 16.3. The van der Waals surface area contributed by atoms with Gasteiger partial charge in [-0.3, -0.25) is 0 Å². The maximum atomic E-state index is 11.7. The average molecular weight is 419 g/mol. The molecular weight excluding hydrogens is 380 g/mol. The molecule has 0 saturated heterocycles. The minimum atomic E-state index is -0.299. The van der Waals surface area contributed by atoms with Gasteiger partial charge in [0.1, 0.15) is 0 Å². The fourth-order valence-electron chi connectivity index (χ4n) is 5.24. The maximum absolute atomic E-state index is 11.7. The quantitative estimate of drug-likeness (QED) is 0.357. The van der Waals surface area contributed by atoms with Crippen LogP contribution in [0.25, 0.3) is 11.6 Å². The Kier molecular flexibility index (Phi) is 6.51. The van der Waals surface area contributed by atoms with Crippen molar-refractivity contribution in [1.82, 2.24) is 0 Å². The lowest BCUT2D eigenvalue weighted by Crippen LogP contribution is -2.18. The van der Waals surface area contributed by atoms with Crippen LogP contribution in [0.4, 0.5) is 0 Å². The third-order valence-corrected chi connectivity index (χ3v) is 6.72. The highest BCUT2D eigenvalue weighted by atomic mass is 16.5. The Labute approximate surface area is 188 Å². The lowest BCUT2D eigenvalue weighted by Gasteiger charge is -2.22. The second-order valence-electron chi connectivity index (χ2n) is 10.9. The Morgan fingerprint density at radius 2 is 1.61 bits per heavy atom. The van der Waals surface area contributed by atoms with Crippen molar-refractivity contribution < 1.29 is 9.53 Å². The zero-order chi connectivity index (χ0) is 23.0. The van der Waals surface area contributed by atoms with E-state index in [0.717, 1.165) is 12.0 Å². The molecule has 2 nitrogen and oxygen atoms in total. The normalized spacial score (nSPS) is 17.0. The predicted octanol–water partition coefficient (Wildman–Crippen LogP) is 7.58. The fourth-order valence-corrected chi connectivity index (χ4v) is 5.24. The fraction of sp³-hybridized carbons (Fsp3) is 0.483. The zero-order valence-electron chi connectivity index (χ0n) is 20.6. The van der Waals surface area contributed by atoms with Crippen molar-refractivity contribution in [3.05, 3.63) is 69.8 Å². The molecule has 1 aliphatic carbocycles. The molecule has 0 fully saturated rings. The van der Waals surface area contributed by atoms with Gasteiger partial charge in [-0.15, -0.1) is 0 Å². The lowest BCUT2D eigenvalue weighted by atomic mass is 9.82. The van der Waals surface area contributed by atoms with Crippen LogP contribution in [-0.4, -0.2) is 13.1 Å².